The summed E-state index contributed by atoms with van der Waals surface area (Å²) < 4.78 is 37.8. The maximum absolute atomic E-state index is 12.6. The average molecular weight is 231 g/mol. The molecule has 0 fully saturated rings. The zero-order valence-corrected chi connectivity index (χ0v) is 9.27. The molecule has 0 saturated heterocycles. The lowest BCUT2D eigenvalue weighted by molar-refractivity contribution is -0.138. The van der Waals surface area contributed by atoms with E-state index >= 15 is 0 Å². The Balaban J connectivity index is 2.65. The molecule has 0 spiro atoms. The predicted octanol–water partition coefficient (Wildman–Crippen LogP) is 3.25. The van der Waals surface area contributed by atoms with Gasteiger partial charge in [0.2, 0.25) is 0 Å². The van der Waals surface area contributed by atoms with Gasteiger partial charge in [-0.05, 0) is 37.6 Å². The Morgan fingerprint density at radius 1 is 1.19 bits per heavy atom. The first-order chi connectivity index (χ1) is 7.55. The van der Waals surface area contributed by atoms with Gasteiger partial charge in [-0.2, -0.15) is 13.2 Å². The van der Waals surface area contributed by atoms with Crippen molar-refractivity contribution in [1.29, 1.82) is 0 Å². The highest BCUT2D eigenvalue weighted by molar-refractivity contribution is 5.29. The number of rotatable bonds is 5. The highest BCUT2D eigenvalue weighted by atomic mass is 19.4. The van der Waals surface area contributed by atoms with Gasteiger partial charge in [-0.25, -0.2) is 0 Å². The summed E-state index contributed by atoms with van der Waals surface area (Å²) >= 11 is 0. The molecule has 1 aromatic carbocycles. The van der Waals surface area contributed by atoms with Crippen molar-refractivity contribution in [3.05, 3.63) is 35.4 Å². The smallest absolute Gasteiger partial charge is 0.317 e. The Kier molecular flexibility index (Phi) is 4.80. The fourth-order valence-electron chi connectivity index (χ4n) is 1.60. The molecule has 0 unspecified atom stereocenters. The summed E-state index contributed by atoms with van der Waals surface area (Å²) in [5.74, 6) is 0. The fourth-order valence-corrected chi connectivity index (χ4v) is 1.60. The van der Waals surface area contributed by atoms with E-state index in [-0.39, 0.29) is 0 Å². The molecule has 16 heavy (non-hydrogen) atoms. The van der Waals surface area contributed by atoms with Crippen molar-refractivity contribution in [2.24, 2.45) is 0 Å². The molecule has 0 aliphatic rings. The van der Waals surface area contributed by atoms with E-state index in [1.807, 2.05) is 6.92 Å². The van der Waals surface area contributed by atoms with E-state index in [1.165, 1.54) is 6.07 Å². The third kappa shape index (κ3) is 3.85. The monoisotopic (exact) mass is 231 g/mol. The summed E-state index contributed by atoms with van der Waals surface area (Å²) in [6.07, 6.45) is -3.06. The van der Waals surface area contributed by atoms with E-state index in [0.717, 1.165) is 25.6 Å². The third-order valence-corrected chi connectivity index (χ3v) is 2.37. The van der Waals surface area contributed by atoms with Crippen LogP contribution >= 0.6 is 0 Å². The van der Waals surface area contributed by atoms with Crippen LogP contribution in [0.4, 0.5) is 13.2 Å². The minimum Gasteiger partial charge on any atom is -0.317 e. The Morgan fingerprint density at radius 3 is 2.50 bits per heavy atom. The molecule has 0 saturated carbocycles. The van der Waals surface area contributed by atoms with Crippen molar-refractivity contribution in [3.8, 4) is 0 Å². The normalized spacial score (nSPS) is 11.8. The average Bonchev–Trinajstić information content (AvgIpc) is 2.24. The zero-order chi connectivity index (χ0) is 12.0. The number of aryl methyl sites for hydroxylation is 1. The van der Waals surface area contributed by atoms with Crippen LogP contribution in [-0.2, 0) is 12.6 Å². The first kappa shape index (κ1) is 13.0. The second kappa shape index (κ2) is 5.89. The van der Waals surface area contributed by atoms with E-state index in [2.05, 4.69) is 5.32 Å². The summed E-state index contributed by atoms with van der Waals surface area (Å²) in [6, 6.07) is 5.77. The van der Waals surface area contributed by atoms with Gasteiger partial charge in [0.15, 0.2) is 0 Å². The number of hydrogen-bond acceptors (Lipinski definition) is 1. The van der Waals surface area contributed by atoms with Crippen LogP contribution in [0.15, 0.2) is 24.3 Å². The van der Waals surface area contributed by atoms with Gasteiger partial charge in [0, 0.05) is 0 Å². The molecule has 0 atom stereocenters. The number of hydrogen-bond donors (Lipinski definition) is 1. The van der Waals surface area contributed by atoms with Crippen molar-refractivity contribution < 1.29 is 13.2 Å². The molecule has 1 aromatic rings. The summed E-state index contributed by atoms with van der Waals surface area (Å²) in [7, 11) is 0. The van der Waals surface area contributed by atoms with E-state index in [9.17, 15) is 13.2 Å². The maximum Gasteiger partial charge on any atom is 0.416 e. The van der Waals surface area contributed by atoms with Gasteiger partial charge in [-0.1, -0.05) is 25.1 Å². The standard InChI is InChI=1S/C12H16F3N/c1-2-16-9-5-7-10-6-3-4-8-11(10)12(13,14)15/h3-4,6,8,16H,2,5,7,9H2,1H3. The van der Waals surface area contributed by atoms with Gasteiger partial charge < -0.3 is 5.32 Å². The first-order valence-electron chi connectivity index (χ1n) is 5.41. The summed E-state index contributed by atoms with van der Waals surface area (Å²) in [5, 5.41) is 3.10. The number of nitrogens with one attached hydrogen (secondary N) is 1. The van der Waals surface area contributed by atoms with Crippen LogP contribution in [0.5, 0.6) is 0 Å². The largest absolute Gasteiger partial charge is 0.416 e. The van der Waals surface area contributed by atoms with Crippen LogP contribution in [0.25, 0.3) is 0 Å². The first-order valence-corrected chi connectivity index (χ1v) is 5.41. The van der Waals surface area contributed by atoms with Gasteiger partial charge in [-0.3, -0.25) is 0 Å². The van der Waals surface area contributed by atoms with Crippen LogP contribution in [0.2, 0.25) is 0 Å². The molecule has 0 amide bonds. The number of alkyl halides is 3. The molecule has 1 N–H and O–H groups in total. The number of halogens is 3. The molecule has 0 aromatic heterocycles. The molecule has 0 aliphatic carbocycles. The van der Waals surface area contributed by atoms with Crippen molar-refractivity contribution in [2.75, 3.05) is 13.1 Å². The van der Waals surface area contributed by atoms with Crippen molar-refractivity contribution in [1.82, 2.24) is 5.32 Å². The lowest BCUT2D eigenvalue weighted by Crippen LogP contribution is -2.15. The van der Waals surface area contributed by atoms with Gasteiger partial charge in [-0.15, -0.1) is 0 Å². The molecule has 0 bridgehead atoms. The maximum atomic E-state index is 12.6. The molecule has 0 heterocycles. The Bertz CT molecular complexity index is 320. The molecular formula is C12H16F3N. The van der Waals surface area contributed by atoms with Crippen molar-refractivity contribution >= 4 is 0 Å². The molecule has 0 aliphatic heterocycles. The lowest BCUT2D eigenvalue weighted by atomic mass is 10.0. The van der Waals surface area contributed by atoms with Crippen LogP contribution < -0.4 is 5.32 Å². The molecule has 1 rings (SSSR count). The Hall–Kier alpha value is -1.03. The van der Waals surface area contributed by atoms with Crippen molar-refractivity contribution in [2.45, 2.75) is 25.9 Å². The van der Waals surface area contributed by atoms with Crippen LogP contribution in [-0.4, -0.2) is 13.1 Å². The lowest BCUT2D eigenvalue weighted by Gasteiger charge is -2.12. The summed E-state index contributed by atoms with van der Waals surface area (Å²) in [6.45, 7) is 3.58. The number of benzene rings is 1. The SMILES string of the molecule is CCNCCCc1ccccc1C(F)(F)F. The molecule has 4 heteroatoms. The Labute approximate surface area is 93.7 Å². The van der Waals surface area contributed by atoms with E-state index in [0.29, 0.717) is 12.0 Å². The van der Waals surface area contributed by atoms with Crippen LogP contribution in [0, 0.1) is 0 Å². The van der Waals surface area contributed by atoms with Gasteiger partial charge in [0.1, 0.15) is 0 Å². The third-order valence-electron chi connectivity index (χ3n) is 2.37. The van der Waals surface area contributed by atoms with Gasteiger partial charge in [0.25, 0.3) is 0 Å². The molecular weight excluding hydrogens is 215 g/mol. The highest BCUT2D eigenvalue weighted by Gasteiger charge is 2.32. The quantitative estimate of drug-likeness (QED) is 0.767. The second-order valence-electron chi connectivity index (χ2n) is 3.61. The molecule has 0 radical (unpaired) electrons. The van der Waals surface area contributed by atoms with E-state index < -0.39 is 11.7 Å². The van der Waals surface area contributed by atoms with Crippen molar-refractivity contribution in [3.63, 3.8) is 0 Å². The highest BCUT2D eigenvalue weighted by Crippen LogP contribution is 2.32. The summed E-state index contributed by atoms with van der Waals surface area (Å²) in [5.41, 5.74) is -0.126. The van der Waals surface area contributed by atoms with Gasteiger partial charge in [0.05, 0.1) is 5.56 Å². The summed E-state index contributed by atoms with van der Waals surface area (Å²) in [4.78, 5) is 0. The topological polar surface area (TPSA) is 12.0 Å². The predicted molar refractivity (Wildman–Crippen MR) is 58.3 cm³/mol. The Morgan fingerprint density at radius 2 is 1.88 bits per heavy atom. The minimum atomic E-state index is -4.24. The van der Waals surface area contributed by atoms with Crippen LogP contribution in [0.1, 0.15) is 24.5 Å². The molecule has 90 valence electrons. The second-order valence-corrected chi connectivity index (χ2v) is 3.61. The van der Waals surface area contributed by atoms with E-state index in [1.54, 1.807) is 12.1 Å². The van der Waals surface area contributed by atoms with E-state index in [4.69, 9.17) is 0 Å². The van der Waals surface area contributed by atoms with Crippen LogP contribution in [0.3, 0.4) is 0 Å². The van der Waals surface area contributed by atoms with Gasteiger partial charge >= 0.3 is 6.18 Å². The minimum absolute atomic E-state index is 0.382. The fraction of sp³-hybridized carbons (Fsp3) is 0.500. The molecule has 1 nitrogen and oxygen atoms in total. The zero-order valence-electron chi connectivity index (χ0n) is 9.27.